The number of carbonyl (C=O) groups is 1. The Kier molecular flexibility index (Phi) is 6.72. The molecule has 1 rings (SSSR count). The summed E-state index contributed by atoms with van der Waals surface area (Å²) in [6.07, 6.45) is 0.644. The van der Waals surface area contributed by atoms with Gasteiger partial charge in [0, 0.05) is 23.2 Å². The van der Waals surface area contributed by atoms with Crippen LogP contribution in [-0.4, -0.2) is 24.8 Å². The van der Waals surface area contributed by atoms with Gasteiger partial charge < -0.3 is 9.64 Å². The Hall–Kier alpha value is -1.23. The summed E-state index contributed by atoms with van der Waals surface area (Å²) in [6, 6.07) is 4.03. The van der Waals surface area contributed by atoms with E-state index in [2.05, 4.69) is 40.0 Å². The van der Waals surface area contributed by atoms with Crippen molar-refractivity contribution in [3.63, 3.8) is 0 Å². The van der Waals surface area contributed by atoms with Crippen LogP contribution >= 0.6 is 15.9 Å². The summed E-state index contributed by atoms with van der Waals surface area (Å²) in [5, 5.41) is 2.85. The van der Waals surface area contributed by atoms with E-state index in [0.29, 0.717) is 0 Å². The first-order valence-electron chi connectivity index (χ1n) is 7.73. The fourth-order valence-electron chi connectivity index (χ4n) is 2.17. The number of anilines is 2. The summed E-state index contributed by atoms with van der Waals surface area (Å²) in [7, 11) is 0. The first-order valence-corrected chi connectivity index (χ1v) is 8.52. The summed E-state index contributed by atoms with van der Waals surface area (Å²) in [6.45, 7) is 13.7. The second kappa shape index (κ2) is 7.86. The quantitative estimate of drug-likeness (QED) is 0.760. The van der Waals surface area contributed by atoms with Crippen LogP contribution < -0.4 is 10.2 Å². The molecule has 1 amide bonds. The molecule has 0 spiro atoms. The summed E-state index contributed by atoms with van der Waals surface area (Å²) < 4.78 is 6.36. The zero-order chi connectivity index (χ0) is 16.9. The first-order chi connectivity index (χ1) is 10.2. The molecule has 0 aliphatic heterocycles. The molecule has 0 saturated heterocycles. The van der Waals surface area contributed by atoms with E-state index in [0.717, 1.165) is 40.9 Å². The summed E-state index contributed by atoms with van der Waals surface area (Å²) in [5.74, 6) is 0. The lowest BCUT2D eigenvalue weighted by atomic mass is 10.1. The minimum Gasteiger partial charge on any atom is -0.444 e. The summed E-state index contributed by atoms with van der Waals surface area (Å²) in [4.78, 5) is 14.3. The third kappa shape index (κ3) is 5.52. The summed E-state index contributed by atoms with van der Waals surface area (Å²) >= 11 is 3.62. The van der Waals surface area contributed by atoms with Crippen LogP contribution in [0.2, 0.25) is 0 Å². The van der Waals surface area contributed by atoms with Gasteiger partial charge in [0.1, 0.15) is 5.60 Å². The number of hydrogen-bond donors (Lipinski definition) is 1. The third-order valence-electron chi connectivity index (χ3n) is 3.15. The Morgan fingerprint density at radius 3 is 2.45 bits per heavy atom. The minimum absolute atomic E-state index is 0.428. The molecule has 4 nitrogen and oxygen atoms in total. The fraction of sp³-hybridized carbons (Fsp3) is 0.588. The molecule has 0 saturated carbocycles. The zero-order valence-electron chi connectivity index (χ0n) is 14.4. The molecule has 0 aliphatic rings. The topological polar surface area (TPSA) is 41.6 Å². The largest absolute Gasteiger partial charge is 0.444 e. The van der Waals surface area contributed by atoms with Crippen LogP contribution in [0.1, 0.15) is 46.6 Å². The highest BCUT2D eigenvalue weighted by Crippen LogP contribution is 2.32. The Bertz CT molecular complexity index is 524. The molecule has 0 bridgehead atoms. The molecule has 0 atom stereocenters. The predicted molar refractivity (Wildman–Crippen MR) is 96.9 cm³/mol. The number of ether oxygens (including phenoxy) is 1. The number of nitrogens with zero attached hydrogens (tertiary/aromatic N) is 1. The molecule has 1 N–H and O–H groups in total. The van der Waals surface area contributed by atoms with Crippen molar-refractivity contribution < 1.29 is 9.53 Å². The van der Waals surface area contributed by atoms with E-state index < -0.39 is 11.7 Å². The van der Waals surface area contributed by atoms with Gasteiger partial charge in [0.05, 0.1) is 5.69 Å². The maximum atomic E-state index is 12.0. The van der Waals surface area contributed by atoms with E-state index in [1.807, 2.05) is 39.8 Å². The normalized spacial score (nSPS) is 11.2. The van der Waals surface area contributed by atoms with E-state index in [9.17, 15) is 4.79 Å². The van der Waals surface area contributed by atoms with Crippen LogP contribution in [0.5, 0.6) is 0 Å². The molecule has 0 radical (unpaired) electrons. The number of nitrogens with one attached hydrogen (secondary N) is 1. The van der Waals surface area contributed by atoms with Crippen molar-refractivity contribution in [2.45, 2.75) is 53.6 Å². The molecule has 1 aromatic carbocycles. The Balaban J connectivity index is 3.03. The van der Waals surface area contributed by atoms with Crippen molar-refractivity contribution in [3.05, 3.63) is 22.2 Å². The Labute approximate surface area is 142 Å². The lowest BCUT2D eigenvalue weighted by Gasteiger charge is -2.25. The van der Waals surface area contributed by atoms with Crippen molar-refractivity contribution in [1.82, 2.24) is 0 Å². The second-order valence-corrected chi connectivity index (χ2v) is 7.18. The molecule has 124 valence electrons. The zero-order valence-corrected chi connectivity index (χ0v) is 16.0. The first kappa shape index (κ1) is 18.8. The standard InChI is InChI=1S/C17H27BrN2O2/c1-7-9-20(8-2)15-11-14(12(3)10-13(15)18)19-16(21)22-17(4,5)6/h10-11H,7-9H2,1-6H3,(H,19,21). The van der Waals surface area contributed by atoms with Crippen LogP contribution in [0.15, 0.2) is 16.6 Å². The number of halogens is 1. The number of amides is 1. The maximum absolute atomic E-state index is 12.0. The molecule has 0 unspecified atom stereocenters. The third-order valence-corrected chi connectivity index (χ3v) is 3.78. The Morgan fingerprint density at radius 2 is 1.95 bits per heavy atom. The average Bonchev–Trinajstić information content (AvgIpc) is 2.37. The highest BCUT2D eigenvalue weighted by Gasteiger charge is 2.18. The van der Waals surface area contributed by atoms with Crippen molar-refractivity contribution in [1.29, 1.82) is 0 Å². The molecular weight excluding hydrogens is 344 g/mol. The number of benzene rings is 1. The number of rotatable bonds is 5. The van der Waals surface area contributed by atoms with Gasteiger partial charge in [-0.2, -0.15) is 0 Å². The fourth-order valence-corrected chi connectivity index (χ4v) is 2.88. The van der Waals surface area contributed by atoms with Gasteiger partial charge in [0.25, 0.3) is 0 Å². The lowest BCUT2D eigenvalue weighted by molar-refractivity contribution is 0.0636. The van der Waals surface area contributed by atoms with Gasteiger partial charge in [-0.3, -0.25) is 5.32 Å². The lowest BCUT2D eigenvalue weighted by Crippen LogP contribution is -2.28. The molecule has 0 heterocycles. The molecule has 1 aromatic rings. The monoisotopic (exact) mass is 370 g/mol. The molecule has 0 fully saturated rings. The van der Waals surface area contributed by atoms with Crippen LogP contribution in [0.4, 0.5) is 16.2 Å². The van der Waals surface area contributed by atoms with Crippen LogP contribution in [0.25, 0.3) is 0 Å². The van der Waals surface area contributed by atoms with Crippen LogP contribution in [-0.2, 0) is 4.74 Å². The van der Waals surface area contributed by atoms with Crippen molar-refractivity contribution in [2.24, 2.45) is 0 Å². The maximum Gasteiger partial charge on any atom is 0.412 e. The van der Waals surface area contributed by atoms with Crippen molar-refractivity contribution in [2.75, 3.05) is 23.3 Å². The van der Waals surface area contributed by atoms with Gasteiger partial charge in [-0.15, -0.1) is 0 Å². The van der Waals surface area contributed by atoms with Crippen LogP contribution in [0.3, 0.4) is 0 Å². The number of carbonyl (C=O) groups excluding carboxylic acids is 1. The predicted octanol–water partition coefficient (Wildman–Crippen LogP) is 5.34. The summed E-state index contributed by atoms with van der Waals surface area (Å²) in [5.41, 5.74) is 2.35. The van der Waals surface area contributed by atoms with E-state index in [-0.39, 0.29) is 0 Å². The number of hydrogen-bond acceptors (Lipinski definition) is 3. The molecule has 0 aliphatic carbocycles. The number of aryl methyl sites for hydroxylation is 1. The highest BCUT2D eigenvalue weighted by atomic mass is 79.9. The minimum atomic E-state index is -0.506. The molecular formula is C17H27BrN2O2. The highest BCUT2D eigenvalue weighted by molar-refractivity contribution is 9.10. The second-order valence-electron chi connectivity index (χ2n) is 6.33. The van der Waals surface area contributed by atoms with E-state index >= 15 is 0 Å². The van der Waals surface area contributed by atoms with Gasteiger partial charge in [0.2, 0.25) is 0 Å². The van der Waals surface area contributed by atoms with Gasteiger partial charge in [0.15, 0.2) is 0 Å². The molecule has 0 aromatic heterocycles. The van der Waals surface area contributed by atoms with E-state index in [4.69, 9.17) is 4.74 Å². The van der Waals surface area contributed by atoms with E-state index in [1.54, 1.807) is 0 Å². The molecule has 5 heteroatoms. The molecule has 22 heavy (non-hydrogen) atoms. The van der Waals surface area contributed by atoms with Crippen molar-refractivity contribution >= 4 is 33.4 Å². The van der Waals surface area contributed by atoms with Gasteiger partial charge in [-0.05, 0) is 74.7 Å². The smallest absolute Gasteiger partial charge is 0.412 e. The van der Waals surface area contributed by atoms with E-state index in [1.165, 1.54) is 0 Å². The average molecular weight is 371 g/mol. The van der Waals surface area contributed by atoms with Crippen LogP contribution in [0, 0.1) is 6.92 Å². The van der Waals surface area contributed by atoms with Crippen molar-refractivity contribution in [3.8, 4) is 0 Å². The van der Waals surface area contributed by atoms with Gasteiger partial charge in [-0.25, -0.2) is 4.79 Å². The Morgan fingerprint density at radius 1 is 1.32 bits per heavy atom. The van der Waals surface area contributed by atoms with Gasteiger partial charge in [-0.1, -0.05) is 6.92 Å². The van der Waals surface area contributed by atoms with Gasteiger partial charge >= 0.3 is 6.09 Å². The SMILES string of the molecule is CCCN(CC)c1cc(NC(=O)OC(C)(C)C)c(C)cc1Br.